The van der Waals surface area contributed by atoms with Crippen LogP contribution in [-0.4, -0.2) is 29.5 Å². The molecule has 4 aromatic rings. The largest absolute Gasteiger partial charge is 0.433 e. The van der Waals surface area contributed by atoms with Crippen LogP contribution in [0.1, 0.15) is 18.5 Å². The first kappa shape index (κ1) is 20.1. The van der Waals surface area contributed by atoms with Crippen molar-refractivity contribution in [3.63, 3.8) is 0 Å². The fraction of sp³-hybridized carbons (Fsp3) is 0.278. The molecule has 7 nitrogen and oxygen atoms in total. The minimum absolute atomic E-state index is 0.00651. The molecular formula is C18H12Cl2F4N6O. The van der Waals surface area contributed by atoms with Crippen molar-refractivity contribution in [3.8, 4) is 22.5 Å². The number of alkyl halides is 3. The van der Waals surface area contributed by atoms with Crippen LogP contribution in [0, 0.1) is 5.82 Å². The van der Waals surface area contributed by atoms with Crippen LogP contribution in [-0.2, 0) is 19.3 Å². The molecule has 31 heavy (non-hydrogen) atoms. The lowest BCUT2D eigenvalue weighted by molar-refractivity contribution is -0.140. The molecular weight excluding hydrogens is 463 g/mol. The molecule has 1 aliphatic heterocycles. The topological polar surface area (TPSA) is 84.3 Å². The van der Waals surface area contributed by atoms with Crippen molar-refractivity contribution < 1.29 is 17.6 Å². The third kappa shape index (κ3) is 2.98. The van der Waals surface area contributed by atoms with Crippen molar-refractivity contribution in [2.45, 2.75) is 32.1 Å². The molecule has 0 radical (unpaired) electrons. The Morgan fingerprint density at radius 1 is 1.10 bits per heavy atom. The maximum absolute atomic E-state index is 15.1. The van der Waals surface area contributed by atoms with Gasteiger partial charge in [-0.2, -0.15) is 18.3 Å². The lowest BCUT2D eigenvalue weighted by atomic mass is 10.1. The van der Waals surface area contributed by atoms with E-state index in [9.17, 15) is 18.0 Å². The third-order valence-electron chi connectivity index (χ3n) is 5.26. The summed E-state index contributed by atoms with van der Waals surface area (Å²) in [4.78, 5) is 19.8. The Kier molecular flexibility index (Phi) is 4.45. The molecule has 0 atom stereocenters. The van der Waals surface area contributed by atoms with E-state index in [1.165, 1.54) is 4.68 Å². The molecule has 0 fully saturated rings. The molecule has 1 aromatic carbocycles. The van der Waals surface area contributed by atoms with E-state index in [2.05, 4.69) is 15.1 Å². The number of halogens is 6. The fourth-order valence-electron chi connectivity index (χ4n) is 3.89. The van der Waals surface area contributed by atoms with Crippen LogP contribution in [0.15, 0.2) is 17.1 Å². The van der Waals surface area contributed by atoms with E-state index < -0.39 is 23.2 Å². The second-order valence-electron chi connectivity index (χ2n) is 7.11. The van der Waals surface area contributed by atoms with Crippen molar-refractivity contribution >= 4 is 34.2 Å². The Balaban J connectivity index is 1.80. The van der Waals surface area contributed by atoms with E-state index in [1.54, 1.807) is 4.68 Å². The lowest BCUT2D eigenvalue weighted by Crippen LogP contribution is -2.27. The van der Waals surface area contributed by atoms with Crippen LogP contribution < -0.4 is 5.56 Å². The van der Waals surface area contributed by atoms with Gasteiger partial charge in [0.15, 0.2) is 5.69 Å². The van der Waals surface area contributed by atoms with E-state index in [0.29, 0.717) is 13.1 Å². The summed E-state index contributed by atoms with van der Waals surface area (Å²) in [6.07, 6.45) is -2.19. The van der Waals surface area contributed by atoms with Crippen molar-refractivity contribution in [3.05, 3.63) is 44.3 Å². The first-order valence-corrected chi connectivity index (χ1v) is 9.92. The van der Waals surface area contributed by atoms with Crippen LogP contribution in [0.2, 0.25) is 10.2 Å². The molecule has 0 saturated carbocycles. The highest BCUT2D eigenvalue weighted by Crippen LogP contribution is 2.40. The van der Waals surface area contributed by atoms with Crippen molar-refractivity contribution in [2.75, 3.05) is 0 Å². The van der Waals surface area contributed by atoms with E-state index in [0.717, 1.165) is 25.1 Å². The van der Waals surface area contributed by atoms with Gasteiger partial charge in [0.2, 0.25) is 0 Å². The maximum Gasteiger partial charge on any atom is 0.433 e. The molecule has 0 unspecified atom stereocenters. The maximum atomic E-state index is 15.1. The standard InChI is InChI=1S/C18H12Cl2F4N6O/c19-8-5-9(21)10(11-15(20)29-3-1-2-4-30(29)17(11)31)13-12(8)26-16(27-13)7-6-25-28-14(7)18(22,23)24/h5-6H,1-4H2,(H,25,28)(H,26,27). The first-order chi connectivity index (χ1) is 14.7. The number of imidazole rings is 1. The van der Waals surface area contributed by atoms with Gasteiger partial charge in [0.25, 0.3) is 5.56 Å². The molecule has 0 bridgehead atoms. The number of benzene rings is 1. The highest BCUT2D eigenvalue weighted by atomic mass is 35.5. The molecule has 0 aliphatic carbocycles. The van der Waals surface area contributed by atoms with Crippen LogP contribution in [0.5, 0.6) is 0 Å². The number of aromatic amines is 2. The molecule has 0 amide bonds. The van der Waals surface area contributed by atoms with Crippen molar-refractivity contribution in [2.24, 2.45) is 0 Å². The van der Waals surface area contributed by atoms with Gasteiger partial charge >= 0.3 is 6.18 Å². The highest BCUT2D eigenvalue weighted by molar-refractivity contribution is 6.36. The summed E-state index contributed by atoms with van der Waals surface area (Å²) in [6, 6.07) is 0.959. The average molecular weight is 475 g/mol. The summed E-state index contributed by atoms with van der Waals surface area (Å²) in [5.41, 5.74) is -2.31. The zero-order valence-corrected chi connectivity index (χ0v) is 17.0. The van der Waals surface area contributed by atoms with Gasteiger partial charge in [-0.1, -0.05) is 23.2 Å². The SMILES string of the molecule is O=c1c(-c2c(F)cc(Cl)c3nc(-c4cn[nH]c4C(F)(F)F)[nH]c23)c(Cl)n2n1CCCC2. The third-order valence-corrected chi connectivity index (χ3v) is 5.93. The molecule has 3 aromatic heterocycles. The Morgan fingerprint density at radius 2 is 1.81 bits per heavy atom. The Hall–Kier alpha value is -2.79. The quantitative estimate of drug-likeness (QED) is 0.407. The fourth-order valence-corrected chi connectivity index (χ4v) is 4.47. The second kappa shape index (κ2) is 6.86. The number of H-pyrrole nitrogens is 2. The lowest BCUT2D eigenvalue weighted by Gasteiger charge is -2.17. The summed E-state index contributed by atoms with van der Waals surface area (Å²) in [5, 5.41) is 5.25. The minimum atomic E-state index is -4.72. The second-order valence-corrected chi connectivity index (χ2v) is 7.87. The van der Waals surface area contributed by atoms with Gasteiger partial charge in [0.1, 0.15) is 22.3 Å². The molecule has 4 heterocycles. The van der Waals surface area contributed by atoms with Gasteiger partial charge in [-0.25, -0.2) is 14.1 Å². The molecule has 1 aliphatic rings. The predicted octanol–water partition coefficient (Wildman–Crippen LogP) is 4.84. The van der Waals surface area contributed by atoms with Gasteiger partial charge in [0, 0.05) is 13.1 Å². The molecule has 0 saturated heterocycles. The van der Waals surface area contributed by atoms with E-state index in [-0.39, 0.29) is 43.7 Å². The molecule has 5 rings (SSSR count). The van der Waals surface area contributed by atoms with Gasteiger partial charge in [-0.3, -0.25) is 14.6 Å². The number of hydrogen-bond acceptors (Lipinski definition) is 3. The van der Waals surface area contributed by atoms with E-state index >= 15 is 4.39 Å². The van der Waals surface area contributed by atoms with Crippen LogP contribution >= 0.6 is 23.2 Å². The van der Waals surface area contributed by atoms with Crippen LogP contribution in [0.3, 0.4) is 0 Å². The van der Waals surface area contributed by atoms with Crippen LogP contribution in [0.25, 0.3) is 33.5 Å². The minimum Gasteiger partial charge on any atom is -0.337 e. The van der Waals surface area contributed by atoms with Gasteiger partial charge in [-0.05, 0) is 18.9 Å². The number of aromatic nitrogens is 6. The van der Waals surface area contributed by atoms with Crippen LogP contribution in [0.4, 0.5) is 17.6 Å². The monoisotopic (exact) mass is 474 g/mol. The summed E-state index contributed by atoms with van der Waals surface area (Å²) < 4.78 is 57.9. The Labute approximate surface area is 180 Å². The summed E-state index contributed by atoms with van der Waals surface area (Å²) in [5.74, 6) is -1.08. The average Bonchev–Trinajstić information content (AvgIpc) is 3.41. The number of rotatable bonds is 2. The first-order valence-electron chi connectivity index (χ1n) is 9.16. The normalized spacial score (nSPS) is 14.4. The highest BCUT2D eigenvalue weighted by Gasteiger charge is 2.37. The smallest absolute Gasteiger partial charge is 0.337 e. The van der Waals surface area contributed by atoms with Gasteiger partial charge in [0.05, 0.1) is 33.4 Å². The van der Waals surface area contributed by atoms with Gasteiger partial charge in [-0.15, -0.1) is 0 Å². The predicted molar refractivity (Wildman–Crippen MR) is 106 cm³/mol. The van der Waals surface area contributed by atoms with Gasteiger partial charge < -0.3 is 4.98 Å². The number of nitrogens with one attached hydrogen (secondary N) is 2. The number of nitrogens with zero attached hydrogens (tertiary/aromatic N) is 4. The van der Waals surface area contributed by atoms with Crippen molar-refractivity contribution in [1.29, 1.82) is 0 Å². The Morgan fingerprint density at radius 3 is 2.48 bits per heavy atom. The molecule has 0 spiro atoms. The van der Waals surface area contributed by atoms with Crippen molar-refractivity contribution in [1.82, 2.24) is 29.5 Å². The summed E-state index contributed by atoms with van der Waals surface area (Å²) in [7, 11) is 0. The summed E-state index contributed by atoms with van der Waals surface area (Å²) in [6.45, 7) is 0.916. The zero-order valence-electron chi connectivity index (χ0n) is 15.4. The van der Waals surface area contributed by atoms with E-state index in [4.69, 9.17) is 23.2 Å². The van der Waals surface area contributed by atoms with E-state index in [1.807, 2.05) is 5.10 Å². The molecule has 13 heteroatoms. The number of fused-ring (bicyclic) bond motifs is 2. The zero-order chi connectivity index (χ0) is 22.1. The number of hydrogen-bond donors (Lipinski definition) is 2. The molecule has 162 valence electrons. The summed E-state index contributed by atoms with van der Waals surface area (Å²) >= 11 is 12.5. The molecule has 2 N–H and O–H groups in total. The Bertz CT molecular complexity index is 1400.